The summed E-state index contributed by atoms with van der Waals surface area (Å²) in [6.45, 7) is 0. The van der Waals surface area contributed by atoms with Gasteiger partial charge in [-0.1, -0.05) is 146 Å². The van der Waals surface area contributed by atoms with Crippen LogP contribution in [-0.2, 0) is 0 Å². The maximum atomic E-state index is 9.11. The van der Waals surface area contributed by atoms with Gasteiger partial charge in [-0.25, -0.2) is 9.98 Å². The third-order valence-electron chi connectivity index (χ3n) is 9.25. The van der Waals surface area contributed by atoms with E-state index < -0.39 is 0 Å². The second-order valence-electron chi connectivity index (χ2n) is 12.2. The fourth-order valence-electron chi connectivity index (χ4n) is 6.77. The molecule has 1 N–H and O–H groups in total. The first-order valence-corrected chi connectivity index (χ1v) is 17.1. The summed E-state index contributed by atoms with van der Waals surface area (Å²) in [6, 6.07) is 56.9. The minimum atomic E-state index is 0.164. The van der Waals surface area contributed by atoms with Crippen LogP contribution in [0.4, 0.5) is 0 Å². The van der Waals surface area contributed by atoms with E-state index in [0.717, 1.165) is 44.0 Å². The van der Waals surface area contributed by atoms with E-state index in [2.05, 4.69) is 121 Å². The molecule has 0 aliphatic heterocycles. The summed E-state index contributed by atoms with van der Waals surface area (Å²) in [5, 5.41) is 18.6. The molecule has 9 aromatic rings. The van der Waals surface area contributed by atoms with Gasteiger partial charge >= 0.3 is 0 Å². The molecule has 0 spiro atoms. The molecule has 0 fully saturated rings. The number of nitrogens with one attached hydrogen (secondary N) is 1. The van der Waals surface area contributed by atoms with Crippen LogP contribution < -0.4 is 0 Å². The van der Waals surface area contributed by atoms with Crippen LogP contribution in [0.15, 0.2) is 174 Å². The third kappa shape index (κ3) is 5.29. The first-order chi connectivity index (χ1) is 24.2. The van der Waals surface area contributed by atoms with Crippen molar-refractivity contribution < 1.29 is 0 Å². The number of benzene rings is 8. The monoisotopic (exact) mass is 643 g/mol. The van der Waals surface area contributed by atoms with E-state index in [-0.39, 0.29) is 5.84 Å². The molecule has 0 bridgehead atoms. The lowest BCUT2D eigenvalue weighted by atomic mass is 9.94. The number of rotatable bonds is 4. The van der Waals surface area contributed by atoms with Crippen LogP contribution in [0.5, 0.6) is 0 Å². The van der Waals surface area contributed by atoms with E-state index in [0.29, 0.717) is 5.84 Å². The average molecular weight is 644 g/mol. The van der Waals surface area contributed by atoms with Crippen molar-refractivity contribution in [2.24, 2.45) is 9.98 Å². The number of fused-ring (bicyclic) bond motifs is 7. The molecule has 0 saturated carbocycles. The lowest BCUT2D eigenvalue weighted by molar-refractivity contribution is 1.40. The summed E-state index contributed by atoms with van der Waals surface area (Å²) < 4.78 is 2.42. The number of thiophene rings is 1. The average Bonchev–Trinajstić information content (AvgIpc) is 3.54. The molecule has 0 saturated heterocycles. The van der Waals surface area contributed by atoms with Crippen molar-refractivity contribution in [1.29, 1.82) is 5.41 Å². The predicted molar refractivity (Wildman–Crippen MR) is 211 cm³/mol. The van der Waals surface area contributed by atoms with Crippen molar-refractivity contribution in [1.82, 2.24) is 0 Å². The van der Waals surface area contributed by atoms with Gasteiger partial charge in [0.25, 0.3) is 0 Å². The molecular formula is C45H29N3S. The first kappa shape index (κ1) is 29.0. The lowest BCUT2D eigenvalue weighted by Crippen LogP contribution is -2.05. The maximum absolute atomic E-state index is 9.11. The highest BCUT2D eigenvalue weighted by atomic mass is 32.1. The van der Waals surface area contributed by atoms with E-state index in [1.807, 2.05) is 48.7 Å². The zero-order valence-corrected chi connectivity index (χ0v) is 27.3. The van der Waals surface area contributed by atoms with E-state index in [4.69, 9.17) is 15.4 Å². The van der Waals surface area contributed by atoms with Gasteiger partial charge in [0, 0.05) is 43.1 Å². The Morgan fingerprint density at radius 2 is 1.10 bits per heavy atom. The second kappa shape index (κ2) is 12.1. The molecular weight excluding hydrogens is 615 g/mol. The Kier molecular flexibility index (Phi) is 7.15. The zero-order chi connectivity index (χ0) is 32.7. The number of nitrogens with zero attached hydrogens (tertiary/aromatic N) is 2. The van der Waals surface area contributed by atoms with Crippen molar-refractivity contribution in [3.63, 3.8) is 0 Å². The third-order valence-corrected chi connectivity index (χ3v) is 10.4. The summed E-state index contributed by atoms with van der Waals surface area (Å²) in [7, 11) is 0. The molecule has 0 amide bonds. The predicted octanol–water partition coefficient (Wildman–Crippen LogP) is 12.1. The molecule has 0 aliphatic carbocycles. The quantitative estimate of drug-likeness (QED) is 0.0859. The van der Waals surface area contributed by atoms with E-state index >= 15 is 0 Å². The fourth-order valence-corrected chi connectivity index (χ4v) is 7.92. The Labute approximate surface area is 287 Å². The molecule has 0 unspecified atom stereocenters. The number of amidine groups is 2. The van der Waals surface area contributed by atoms with Gasteiger partial charge in [-0.2, -0.15) is 0 Å². The van der Waals surface area contributed by atoms with Gasteiger partial charge in [-0.15, -0.1) is 11.3 Å². The number of hydrogen-bond acceptors (Lipinski definition) is 2. The molecule has 1 heterocycles. The molecule has 3 nitrogen and oxygen atoms in total. The van der Waals surface area contributed by atoms with Crippen LogP contribution in [0.2, 0.25) is 0 Å². The van der Waals surface area contributed by atoms with Gasteiger partial charge in [0.1, 0.15) is 0 Å². The largest absolute Gasteiger partial charge is 0.282 e. The van der Waals surface area contributed by atoms with Gasteiger partial charge in [0.2, 0.25) is 0 Å². The number of aliphatic imine (C=N–C) groups is 2. The molecule has 0 atom stereocenters. The standard InChI is InChI=1S/C45H29N3S/c46-44(32-20-18-30(19-21-32)29-10-2-1-3-11-29)48-45(34-23-25-39-38-16-8-9-17-42(38)49-43(39)27-34)47-28-41-36-15-7-5-13-33(36)26-40-35-14-6-4-12-31(35)22-24-37(40)41/h1-28,46H. The highest BCUT2D eigenvalue weighted by molar-refractivity contribution is 7.25. The first-order valence-electron chi connectivity index (χ1n) is 16.3. The van der Waals surface area contributed by atoms with Crippen molar-refractivity contribution in [3.05, 3.63) is 180 Å². The summed E-state index contributed by atoms with van der Waals surface area (Å²) in [6.07, 6.45) is 1.94. The van der Waals surface area contributed by atoms with E-state index in [1.54, 1.807) is 11.3 Å². The van der Waals surface area contributed by atoms with Crippen LogP contribution in [0.25, 0.3) is 63.6 Å². The molecule has 49 heavy (non-hydrogen) atoms. The fraction of sp³-hybridized carbons (Fsp3) is 0. The summed E-state index contributed by atoms with van der Waals surface area (Å²) in [4.78, 5) is 10.0. The van der Waals surface area contributed by atoms with E-state index in [1.165, 1.54) is 36.3 Å². The Hall–Kier alpha value is -6.23. The molecule has 4 heteroatoms. The van der Waals surface area contributed by atoms with Crippen molar-refractivity contribution in [2.45, 2.75) is 0 Å². The molecule has 0 aliphatic rings. The highest BCUT2D eigenvalue weighted by Crippen LogP contribution is 2.35. The smallest absolute Gasteiger partial charge is 0.161 e. The lowest BCUT2D eigenvalue weighted by Gasteiger charge is -2.11. The van der Waals surface area contributed by atoms with E-state index in [9.17, 15) is 0 Å². The van der Waals surface area contributed by atoms with Crippen LogP contribution in [0, 0.1) is 5.41 Å². The van der Waals surface area contributed by atoms with Gasteiger partial charge in [-0.3, -0.25) is 5.41 Å². The van der Waals surface area contributed by atoms with Gasteiger partial charge in [0.15, 0.2) is 11.7 Å². The number of hydrogen-bond donors (Lipinski definition) is 1. The van der Waals surface area contributed by atoms with Crippen LogP contribution in [-0.4, -0.2) is 17.9 Å². The van der Waals surface area contributed by atoms with Crippen LogP contribution in [0.1, 0.15) is 16.7 Å². The SMILES string of the molecule is N=C(N=C(N=Cc1c2ccccc2cc2c1ccc1ccccc12)c1ccc2c(c1)sc1ccccc12)c1ccc(-c2ccccc2)cc1. The molecule has 1 aromatic heterocycles. The molecule has 8 aromatic carbocycles. The summed E-state index contributed by atoms with van der Waals surface area (Å²) in [5.74, 6) is 0.662. The Balaban J connectivity index is 1.20. The topological polar surface area (TPSA) is 48.6 Å². The zero-order valence-electron chi connectivity index (χ0n) is 26.5. The van der Waals surface area contributed by atoms with Crippen molar-refractivity contribution >= 4 is 81.7 Å². The molecule has 230 valence electrons. The van der Waals surface area contributed by atoms with Crippen LogP contribution in [0.3, 0.4) is 0 Å². The highest BCUT2D eigenvalue weighted by Gasteiger charge is 2.13. The molecule has 9 rings (SSSR count). The Bertz CT molecular complexity index is 2770. The minimum absolute atomic E-state index is 0.164. The van der Waals surface area contributed by atoms with Gasteiger partial charge < -0.3 is 0 Å². The summed E-state index contributed by atoms with van der Waals surface area (Å²) >= 11 is 1.77. The van der Waals surface area contributed by atoms with Gasteiger partial charge in [-0.05, 0) is 61.6 Å². The Morgan fingerprint density at radius 3 is 1.94 bits per heavy atom. The summed E-state index contributed by atoms with van der Waals surface area (Å²) in [5.41, 5.74) is 4.88. The van der Waals surface area contributed by atoms with Crippen molar-refractivity contribution in [3.8, 4) is 11.1 Å². The molecule has 0 radical (unpaired) electrons. The normalized spacial score (nSPS) is 12.2. The maximum Gasteiger partial charge on any atom is 0.161 e. The Morgan fingerprint density at radius 1 is 0.469 bits per heavy atom. The minimum Gasteiger partial charge on any atom is -0.282 e. The van der Waals surface area contributed by atoms with Gasteiger partial charge in [0.05, 0.1) is 0 Å². The van der Waals surface area contributed by atoms with Crippen LogP contribution >= 0.6 is 11.3 Å². The van der Waals surface area contributed by atoms with Crippen molar-refractivity contribution in [2.75, 3.05) is 0 Å². The second-order valence-corrected chi connectivity index (χ2v) is 13.3.